The summed E-state index contributed by atoms with van der Waals surface area (Å²) in [6.07, 6.45) is 0.654. The predicted molar refractivity (Wildman–Crippen MR) is 60.7 cm³/mol. The monoisotopic (exact) mass is 258 g/mol. The van der Waals surface area contributed by atoms with E-state index in [1.54, 1.807) is 24.3 Å². The summed E-state index contributed by atoms with van der Waals surface area (Å²) in [5, 5.41) is 17.8. The van der Waals surface area contributed by atoms with Gasteiger partial charge in [-0.25, -0.2) is 9.59 Å². The zero-order chi connectivity index (χ0) is 12.1. The van der Waals surface area contributed by atoms with Crippen LogP contribution in [0.3, 0.4) is 0 Å². The lowest BCUT2D eigenvalue weighted by molar-refractivity contribution is -0.134. The van der Waals surface area contributed by atoms with Gasteiger partial charge in [0.05, 0.1) is 0 Å². The van der Waals surface area contributed by atoms with Crippen molar-refractivity contribution in [2.24, 2.45) is 0 Å². The van der Waals surface area contributed by atoms with Gasteiger partial charge in [-0.05, 0) is 24.3 Å². The molecule has 6 heteroatoms. The number of carboxylic acid groups (broad SMARTS) is 2. The largest absolute Gasteiger partial charge is 0.478 e. The Bertz CT molecular complexity index is 439. The molecule has 0 unspecified atom stereocenters. The van der Waals surface area contributed by atoms with Crippen LogP contribution in [0.25, 0.3) is 0 Å². The Hall–Kier alpha value is -1.46. The maximum atomic E-state index is 10.7. The number of carboxylic acids is 2. The van der Waals surface area contributed by atoms with E-state index in [2.05, 4.69) is 0 Å². The quantitative estimate of drug-likeness (QED) is 0.641. The minimum Gasteiger partial charge on any atom is -0.478 e. The van der Waals surface area contributed by atoms with Gasteiger partial charge in [0, 0.05) is 16.0 Å². The first kappa shape index (κ1) is 12.6. The van der Waals surface area contributed by atoms with E-state index in [4.69, 9.17) is 21.8 Å². The van der Waals surface area contributed by atoms with Crippen LogP contribution in [-0.2, 0) is 9.59 Å². The van der Waals surface area contributed by atoms with Crippen LogP contribution in [0.1, 0.15) is 0 Å². The average Bonchev–Trinajstić information content (AvgIpc) is 2.19. The van der Waals surface area contributed by atoms with Crippen molar-refractivity contribution < 1.29 is 19.8 Å². The molecule has 0 aliphatic rings. The highest BCUT2D eigenvalue weighted by molar-refractivity contribution is 8.04. The van der Waals surface area contributed by atoms with Crippen LogP contribution in [0, 0.1) is 0 Å². The molecule has 1 aromatic rings. The second-order valence-electron chi connectivity index (χ2n) is 2.71. The second-order valence-corrected chi connectivity index (χ2v) is 4.26. The first-order valence-electron chi connectivity index (χ1n) is 4.10. The van der Waals surface area contributed by atoms with Gasteiger partial charge < -0.3 is 10.2 Å². The lowest BCUT2D eigenvalue weighted by atomic mass is 10.4. The summed E-state index contributed by atoms with van der Waals surface area (Å²) in [4.78, 5) is 21.5. The Kier molecular flexibility index (Phi) is 4.39. The highest BCUT2D eigenvalue weighted by atomic mass is 35.5. The maximum Gasteiger partial charge on any atom is 0.342 e. The van der Waals surface area contributed by atoms with Gasteiger partial charge in [-0.1, -0.05) is 23.4 Å². The molecule has 84 valence electrons. The molecular formula is C10H7ClO4S. The van der Waals surface area contributed by atoms with Gasteiger partial charge >= 0.3 is 11.9 Å². The normalized spacial score (nSPS) is 11.2. The van der Waals surface area contributed by atoms with Crippen molar-refractivity contribution in [2.75, 3.05) is 0 Å². The Morgan fingerprint density at radius 1 is 1.19 bits per heavy atom. The summed E-state index contributed by atoms with van der Waals surface area (Å²) < 4.78 is 0. The van der Waals surface area contributed by atoms with Crippen molar-refractivity contribution in [3.8, 4) is 0 Å². The van der Waals surface area contributed by atoms with E-state index in [9.17, 15) is 9.59 Å². The first-order valence-corrected chi connectivity index (χ1v) is 5.30. The minimum atomic E-state index is -1.29. The maximum absolute atomic E-state index is 10.7. The van der Waals surface area contributed by atoms with Gasteiger partial charge in [0.25, 0.3) is 0 Å². The predicted octanol–water partition coefficient (Wildman–Crippen LogP) is 2.49. The number of carbonyl (C=O) groups is 2. The fourth-order valence-corrected chi connectivity index (χ4v) is 1.78. The molecule has 0 spiro atoms. The summed E-state index contributed by atoms with van der Waals surface area (Å²) in [5.74, 6) is -2.57. The van der Waals surface area contributed by atoms with Crippen LogP contribution in [-0.4, -0.2) is 22.2 Å². The molecular weight excluding hydrogens is 252 g/mol. The van der Waals surface area contributed by atoms with E-state index in [1.807, 2.05) is 0 Å². The summed E-state index contributed by atoms with van der Waals surface area (Å²) in [5.41, 5.74) is 0. The molecule has 0 saturated heterocycles. The van der Waals surface area contributed by atoms with Crippen LogP contribution in [0.4, 0.5) is 0 Å². The number of thioether (sulfide) groups is 1. The third kappa shape index (κ3) is 3.96. The fraction of sp³-hybridized carbons (Fsp3) is 0. The van der Waals surface area contributed by atoms with Gasteiger partial charge in [0.2, 0.25) is 0 Å². The van der Waals surface area contributed by atoms with Crippen molar-refractivity contribution in [3.05, 3.63) is 40.3 Å². The summed E-state index contributed by atoms with van der Waals surface area (Å²) in [7, 11) is 0. The molecule has 0 aliphatic heterocycles. The summed E-state index contributed by atoms with van der Waals surface area (Å²) in [6.45, 7) is 0. The summed E-state index contributed by atoms with van der Waals surface area (Å²) in [6, 6.07) is 6.44. The highest BCUT2D eigenvalue weighted by Crippen LogP contribution is 2.27. The van der Waals surface area contributed by atoms with Crippen molar-refractivity contribution in [1.82, 2.24) is 0 Å². The van der Waals surface area contributed by atoms with E-state index in [1.165, 1.54) is 0 Å². The molecule has 0 bridgehead atoms. The zero-order valence-corrected chi connectivity index (χ0v) is 9.46. The molecule has 0 saturated carbocycles. The molecule has 1 aromatic carbocycles. The number of benzene rings is 1. The van der Waals surface area contributed by atoms with E-state index >= 15 is 0 Å². The molecule has 16 heavy (non-hydrogen) atoms. The number of aliphatic carboxylic acids is 2. The molecule has 0 aromatic heterocycles. The van der Waals surface area contributed by atoms with Crippen molar-refractivity contribution >= 4 is 35.3 Å². The van der Waals surface area contributed by atoms with Gasteiger partial charge in [0.15, 0.2) is 0 Å². The van der Waals surface area contributed by atoms with Gasteiger partial charge in [-0.2, -0.15) is 0 Å². The topological polar surface area (TPSA) is 74.6 Å². The smallest absolute Gasteiger partial charge is 0.342 e. The first-order chi connectivity index (χ1) is 7.49. The van der Waals surface area contributed by atoms with E-state index < -0.39 is 11.9 Å². The molecule has 1 rings (SSSR count). The lowest BCUT2D eigenvalue weighted by Crippen LogP contribution is -2.00. The van der Waals surface area contributed by atoms with Gasteiger partial charge in [-0.15, -0.1) is 0 Å². The highest BCUT2D eigenvalue weighted by Gasteiger charge is 2.11. The van der Waals surface area contributed by atoms with Crippen LogP contribution in [0.15, 0.2) is 40.1 Å². The molecule has 0 fully saturated rings. The van der Waals surface area contributed by atoms with Gasteiger partial charge in [-0.3, -0.25) is 0 Å². The molecule has 0 heterocycles. The molecule has 0 aliphatic carbocycles. The van der Waals surface area contributed by atoms with Crippen LogP contribution >= 0.6 is 23.4 Å². The molecule has 0 atom stereocenters. The van der Waals surface area contributed by atoms with Gasteiger partial charge in [0.1, 0.15) is 4.91 Å². The fourth-order valence-electron chi connectivity index (χ4n) is 0.877. The molecule has 0 radical (unpaired) electrons. The SMILES string of the molecule is O=C(O)/C=C(\Sc1ccc(Cl)cc1)C(=O)O. The van der Waals surface area contributed by atoms with E-state index in [-0.39, 0.29) is 4.91 Å². The standard InChI is InChI=1S/C10H7ClO4S/c11-6-1-3-7(4-2-6)16-8(10(14)15)5-9(12)13/h1-5H,(H,12,13)(H,14,15)/b8-5-. The lowest BCUT2D eigenvalue weighted by Gasteiger charge is -2.01. The molecule has 2 N–H and O–H groups in total. The van der Waals surface area contributed by atoms with E-state index in [0.29, 0.717) is 16.0 Å². The summed E-state index contributed by atoms with van der Waals surface area (Å²) >= 11 is 6.52. The van der Waals surface area contributed by atoms with Crippen molar-refractivity contribution in [2.45, 2.75) is 4.90 Å². The number of hydrogen-bond acceptors (Lipinski definition) is 3. The average molecular weight is 259 g/mol. The Labute approximate surface area is 101 Å². The van der Waals surface area contributed by atoms with Crippen LogP contribution < -0.4 is 0 Å². The number of hydrogen-bond donors (Lipinski definition) is 2. The number of rotatable bonds is 4. The Morgan fingerprint density at radius 3 is 2.19 bits per heavy atom. The van der Waals surface area contributed by atoms with Crippen molar-refractivity contribution in [1.29, 1.82) is 0 Å². The zero-order valence-electron chi connectivity index (χ0n) is 7.88. The number of halogens is 1. The second kappa shape index (κ2) is 5.58. The Balaban J connectivity index is 2.88. The third-order valence-electron chi connectivity index (χ3n) is 1.51. The third-order valence-corrected chi connectivity index (χ3v) is 2.78. The minimum absolute atomic E-state index is 0.255. The van der Waals surface area contributed by atoms with Crippen molar-refractivity contribution in [3.63, 3.8) is 0 Å². The molecule has 4 nitrogen and oxygen atoms in total. The van der Waals surface area contributed by atoms with Crippen LogP contribution in [0.2, 0.25) is 5.02 Å². The van der Waals surface area contributed by atoms with E-state index in [0.717, 1.165) is 11.8 Å². The van der Waals surface area contributed by atoms with Crippen LogP contribution in [0.5, 0.6) is 0 Å². The molecule has 0 amide bonds. The Morgan fingerprint density at radius 2 is 1.75 bits per heavy atom.